The summed E-state index contributed by atoms with van der Waals surface area (Å²) in [5.74, 6) is -0.425. The molecule has 1 heterocycles. The molecule has 0 saturated carbocycles. The van der Waals surface area contributed by atoms with Crippen LogP contribution in [0.1, 0.15) is 0 Å². The van der Waals surface area contributed by atoms with Gasteiger partial charge in [-0.15, -0.1) is 10.0 Å². The Bertz CT molecular complexity index is 602. The highest BCUT2D eigenvalue weighted by atomic mass is 16.3. The Hall–Kier alpha value is -2.57. The fourth-order valence-corrected chi connectivity index (χ4v) is 1.62. The van der Waals surface area contributed by atoms with Gasteiger partial charge in [-0.3, -0.25) is 5.43 Å². The predicted octanol–water partition coefficient (Wildman–Crippen LogP) is 1.29. The minimum Gasteiger partial charge on any atom is -0.493 e. The van der Waals surface area contributed by atoms with Crippen molar-refractivity contribution in [2.24, 2.45) is 23.1 Å². The third kappa shape index (κ3) is 1.78. The Morgan fingerprint density at radius 1 is 1.47 bits per heavy atom. The van der Waals surface area contributed by atoms with Crippen molar-refractivity contribution in [1.29, 1.82) is 0 Å². The average Bonchev–Trinajstić information content (AvgIpc) is 2.60. The van der Waals surface area contributed by atoms with Crippen molar-refractivity contribution >= 4 is 22.5 Å². The van der Waals surface area contributed by atoms with Crippen molar-refractivity contribution in [3.8, 4) is 5.88 Å². The number of nitrogens with two attached hydrogens (primary N) is 1. The van der Waals surface area contributed by atoms with Crippen LogP contribution in [0.3, 0.4) is 0 Å². The van der Waals surface area contributed by atoms with Crippen molar-refractivity contribution in [2.45, 2.75) is 0 Å². The van der Waals surface area contributed by atoms with Crippen LogP contribution in [-0.4, -0.2) is 15.6 Å². The molecule has 0 atom stereocenters. The number of hydrogen-bond donors (Lipinski definition) is 3. The quantitative estimate of drug-likeness (QED) is 0.314. The van der Waals surface area contributed by atoms with Crippen molar-refractivity contribution in [3.63, 3.8) is 0 Å². The van der Waals surface area contributed by atoms with Crippen molar-refractivity contribution in [2.75, 3.05) is 5.43 Å². The van der Waals surface area contributed by atoms with Gasteiger partial charge in [0.25, 0.3) is 5.96 Å². The summed E-state index contributed by atoms with van der Waals surface area (Å²) in [6.45, 7) is 0. The molecule has 2 rings (SSSR count). The summed E-state index contributed by atoms with van der Waals surface area (Å²) in [4.78, 5) is 10.1. The van der Waals surface area contributed by atoms with Gasteiger partial charge in [0.15, 0.2) is 0 Å². The number of fused-ring (bicyclic) bond motifs is 1. The fraction of sp³-hybridized carbons (Fsp3) is 0.100. The van der Waals surface area contributed by atoms with E-state index >= 15 is 0 Å². The molecule has 4 N–H and O–H groups in total. The molecule has 7 heteroatoms. The normalized spacial score (nSPS) is 11.7. The molecule has 2 aromatic rings. The van der Waals surface area contributed by atoms with Crippen LogP contribution >= 0.6 is 0 Å². The number of aromatic hydroxyl groups is 1. The van der Waals surface area contributed by atoms with Crippen LogP contribution in [0.4, 0.5) is 5.69 Å². The van der Waals surface area contributed by atoms with E-state index in [1.165, 1.54) is 0 Å². The topological polar surface area (TPSA) is 105 Å². The summed E-state index contributed by atoms with van der Waals surface area (Å²) >= 11 is 0. The second kappa shape index (κ2) is 4.12. The van der Waals surface area contributed by atoms with Crippen molar-refractivity contribution in [3.05, 3.63) is 29.2 Å². The minimum absolute atomic E-state index is 0.00801. The number of aryl methyl sites for hydroxylation is 1. The zero-order valence-corrected chi connectivity index (χ0v) is 9.08. The summed E-state index contributed by atoms with van der Waals surface area (Å²) in [5, 5.41) is 16.6. The van der Waals surface area contributed by atoms with Crippen LogP contribution in [0.15, 0.2) is 34.5 Å². The van der Waals surface area contributed by atoms with Gasteiger partial charge in [-0.05, 0) is 6.07 Å². The molecule has 1 aromatic heterocycles. The maximum absolute atomic E-state index is 10.1. The largest absolute Gasteiger partial charge is 0.493 e. The van der Waals surface area contributed by atoms with Crippen LogP contribution in [0.25, 0.3) is 10.9 Å². The smallest absolute Gasteiger partial charge is 0.279 e. The molecular weight excluding hydrogens is 222 g/mol. The van der Waals surface area contributed by atoms with Gasteiger partial charge >= 0.3 is 0 Å². The molecule has 0 fully saturated rings. The number of aromatic nitrogens is 1. The Morgan fingerprint density at radius 2 is 2.18 bits per heavy atom. The molecule has 0 aliphatic carbocycles. The van der Waals surface area contributed by atoms with Crippen LogP contribution in [0.5, 0.6) is 5.88 Å². The first-order valence-corrected chi connectivity index (χ1v) is 4.84. The molecule has 17 heavy (non-hydrogen) atoms. The highest BCUT2D eigenvalue weighted by Crippen LogP contribution is 2.34. The van der Waals surface area contributed by atoms with Crippen LogP contribution < -0.4 is 11.2 Å². The van der Waals surface area contributed by atoms with E-state index in [9.17, 15) is 10.0 Å². The third-order valence-corrected chi connectivity index (χ3v) is 2.45. The van der Waals surface area contributed by atoms with Gasteiger partial charge in [0.1, 0.15) is 5.69 Å². The van der Waals surface area contributed by atoms with Gasteiger partial charge in [-0.25, -0.2) is 0 Å². The maximum Gasteiger partial charge on any atom is 0.279 e. The number of nitroso groups, excluding NO2 is 1. The Labute approximate surface area is 96.5 Å². The number of benzene rings is 1. The lowest BCUT2D eigenvalue weighted by atomic mass is 10.2. The summed E-state index contributed by atoms with van der Waals surface area (Å²) < 4.78 is 1.59. The fourth-order valence-electron chi connectivity index (χ4n) is 1.62. The number of anilines is 1. The number of hydrogen-bond acceptors (Lipinski definition) is 4. The van der Waals surface area contributed by atoms with E-state index in [2.05, 4.69) is 15.7 Å². The van der Waals surface area contributed by atoms with Gasteiger partial charge < -0.3 is 15.4 Å². The molecule has 7 nitrogen and oxygen atoms in total. The first kappa shape index (κ1) is 10.9. The second-order valence-electron chi connectivity index (χ2n) is 3.45. The molecule has 0 unspecified atom stereocenters. The lowest BCUT2D eigenvalue weighted by Gasteiger charge is -1.99. The van der Waals surface area contributed by atoms with Crippen LogP contribution in [-0.2, 0) is 7.05 Å². The molecule has 0 aliphatic rings. The summed E-state index contributed by atoms with van der Waals surface area (Å²) in [6.07, 6.45) is 0. The molecule has 0 aliphatic heterocycles. The molecule has 0 bridgehead atoms. The highest BCUT2D eigenvalue weighted by Gasteiger charge is 2.13. The average molecular weight is 233 g/mol. The number of nitrogens with one attached hydrogen (secondary N) is 1. The van der Waals surface area contributed by atoms with Crippen LogP contribution in [0.2, 0.25) is 0 Å². The van der Waals surface area contributed by atoms with Gasteiger partial charge in [-0.1, -0.05) is 18.2 Å². The summed E-state index contributed by atoms with van der Waals surface area (Å²) in [6, 6.07) is 7.36. The van der Waals surface area contributed by atoms with E-state index in [1.807, 2.05) is 24.3 Å². The van der Waals surface area contributed by atoms with Gasteiger partial charge in [0, 0.05) is 17.6 Å². The van der Waals surface area contributed by atoms with E-state index in [0.29, 0.717) is 5.69 Å². The summed E-state index contributed by atoms with van der Waals surface area (Å²) in [7, 11) is 1.72. The molecule has 0 saturated heterocycles. The number of guanidine groups is 1. The lowest BCUT2D eigenvalue weighted by Crippen LogP contribution is -2.09. The van der Waals surface area contributed by atoms with Gasteiger partial charge in [0.2, 0.25) is 5.88 Å². The molecule has 1 aromatic carbocycles. The standard InChI is InChI=1S/C10H11N5O2/c1-15-7-5-3-2-4-6(7)8(9(15)16)12-13-10(11)14-17/h2-5,12,16H,1H3,(H2,11,13). The Morgan fingerprint density at radius 3 is 2.88 bits per heavy atom. The SMILES string of the molecule is Cn1c(O)c(NN=C(N)N=O)c2ccccc21. The van der Waals surface area contributed by atoms with Crippen molar-refractivity contribution in [1.82, 2.24) is 4.57 Å². The molecule has 88 valence electrons. The zero-order chi connectivity index (χ0) is 12.4. The van der Waals surface area contributed by atoms with Crippen molar-refractivity contribution < 1.29 is 5.11 Å². The molecule has 0 spiro atoms. The van der Waals surface area contributed by atoms with E-state index in [4.69, 9.17) is 5.73 Å². The number of para-hydroxylation sites is 1. The van der Waals surface area contributed by atoms with E-state index < -0.39 is 5.96 Å². The maximum atomic E-state index is 10.1. The van der Waals surface area contributed by atoms with Gasteiger partial charge in [-0.2, -0.15) is 0 Å². The number of nitrogens with zero attached hydrogens (tertiary/aromatic N) is 3. The second-order valence-corrected chi connectivity index (χ2v) is 3.45. The van der Waals surface area contributed by atoms with E-state index in [1.54, 1.807) is 11.6 Å². The van der Waals surface area contributed by atoms with Gasteiger partial charge in [0.05, 0.1) is 5.52 Å². The molecule has 0 radical (unpaired) electrons. The number of hydrazone groups is 1. The zero-order valence-electron chi connectivity index (χ0n) is 9.08. The molecule has 0 amide bonds. The minimum atomic E-state index is -0.433. The van der Waals surface area contributed by atoms with E-state index in [0.717, 1.165) is 10.9 Å². The predicted molar refractivity (Wildman–Crippen MR) is 65.6 cm³/mol. The monoisotopic (exact) mass is 233 g/mol. The lowest BCUT2D eigenvalue weighted by molar-refractivity contribution is 0.437. The third-order valence-electron chi connectivity index (χ3n) is 2.45. The van der Waals surface area contributed by atoms with E-state index in [-0.39, 0.29) is 5.88 Å². The Kier molecular flexibility index (Phi) is 2.65. The first-order valence-electron chi connectivity index (χ1n) is 4.84. The summed E-state index contributed by atoms with van der Waals surface area (Å²) in [5.41, 5.74) is 8.89. The number of rotatable bonds is 2. The Balaban J connectivity index is 2.53. The first-order chi connectivity index (χ1) is 8.15. The highest BCUT2D eigenvalue weighted by molar-refractivity contribution is 5.97. The van der Waals surface area contributed by atoms with Crippen LogP contribution in [0, 0.1) is 4.91 Å². The molecular formula is C10H11N5O2.